The van der Waals surface area contributed by atoms with Crippen molar-refractivity contribution in [3.8, 4) is 0 Å². The molecule has 37 valence electrons. The van der Waals surface area contributed by atoms with Gasteiger partial charge in [0.05, 0.1) is 0 Å². The van der Waals surface area contributed by atoms with Crippen molar-refractivity contribution in [2.24, 2.45) is 0 Å². The van der Waals surface area contributed by atoms with Crippen LogP contribution in [0.2, 0.25) is 0 Å². The summed E-state index contributed by atoms with van der Waals surface area (Å²) in [4.78, 5) is 0. The first-order valence-corrected chi connectivity index (χ1v) is 3.28. The average Bonchev–Trinajstić information content (AvgIpc) is 0.811. The van der Waals surface area contributed by atoms with Crippen LogP contribution in [0.5, 0.6) is 0 Å². The summed E-state index contributed by atoms with van der Waals surface area (Å²) in [6.07, 6.45) is 0. The minimum Gasteiger partial charge on any atom is -0.225 e. The maximum Gasteiger partial charge on any atom is 0.211 e. The second kappa shape index (κ2) is 5.47. The SMILES string of the molecule is O=S(Cl)Cl.[Ag]. The summed E-state index contributed by atoms with van der Waals surface area (Å²) in [5, 5.41) is 0. The predicted molar refractivity (Wildman–Crippen MR) is 19.8 cm³/mol. The summed E-state index contributed by atoms with van der Waals surface area (Å²) < 4.78 is 9.09. The predicted octanol–water partition coefficient (Wildman–Crippen LogP) is 1.04. The van der Waals surface area contributed by atoms with Crippen molar-refractivity contribution < 1.29 is 26.6 Å². The van der Waals surface area contributed by atoms with Crippen molar-refractivity contribution in [2.75, 3.05) is 0 Å². The van der Waals surface area contributed by atoms with Crippen LogP contribution in [0.3, 0.4) is 0 Å². The molecule has 0 aromatic carbocycles. The zero-order valence-corrected chi connectivity index (χ0v) is 5.68. The molecule has 1 nitrogen and oxygen atoms in total. The fourth-order valence-corrected chi connectivity index (χ4v) is 0. The molecule has 0 N–H and O–H groups in total. The van der Waals surface area contributed by atoms with Crippen molar-refractivity contribution in [3.05, 3.63) is 0 Å². The van der Waals surface area contributed by atoms with Gasteiger partial charge in [0.2, 0.25) is 9.23 Å². The first-order chi connectivity index (χ1) is 1.73. The van der Waals surface area contributed by atoms with E-state index in [4.69, 9.17) is 4.21 Å². The fourth-order valence-electron chi connectivity index (χ4n) is 0. The van der Waals surface area contributed by atoms with Crippen LogP contribution >= 0.6 is 21.4 Å². The van der Waals surface area contributed by atoms with Gasteiger partial charge < -0.3 is 0 Å². The fraction of sp³-hybridized carbons (Fsp3) is 0. The van der Waals surface area contributed by atoms with Crippen LogP contribution in [0, 0.1) is 0 Å². The van der Waals surface area contributed by atoms with Crippen molar-refractivity contribution in [2.45, 2.75) is 0 Å². The Hall–Kier alpha value is 1.47. The molecular formula is AgCl2OS. The molecule has 0 rings (SSSR count). The van der Waals surface area contributed by atoms with E-state index in [-0.39, 0.29) is 22.4 Å². The molecule has 0 aromatic rings. The van der Waals surface area contributed by atoms with E-state index in [1.54, 1.807) is 0 Å². The van der Waals surface area contributed by atoms with Gasteiger partial charge in [0.1, 0.15) is 0 Å². The second-order valence-electron chi connectivity index (χ2n) is 0.184. The summed E-state index contributed by atoms with van der Waals surface area (Å²) in [6.45, 7) is 0. The molecule has 0 fully saturated rings. The Balaban J connectivity index is 0. The molecule has 0 aliphatic heterocycles. The van der Waals surface area contributed by atoms with E-state index in [1.165, 1.54) is 0 Å². The van der Waals surface area contributed by atoms with Gasteiger partial charge in [0, 0.05) is 43.7 Å². The van der Waals surface area contributed by atoms with Crippen molar-refractivity contribution in [1.29, 1.82) is 0 Å². The smallest absolute Gasteiger partial charge is 0.211 e. The molecule has 0 atom stereocenters. The average molecular weight is 227 g/mol. The van der Waals surface area contributed by atoms with Gasteiger partial charge >= 0.3 is 0 Å². The Morgan fingerprint density at radius 2 is 1.40 bits per heavy atom. The van der Waals surface area contributed by atoms with E-state index >= 15 is 0 Å². The van der Waals surface area contributed by atoms with Crippen molar-refractivity contribution >= 4 is 30.6 Å². The van der Waals surface area contributed by atoms with Crippen LogP contribution in [-0.2, 0) is 31.6 Å². The van der Waals surface area contributed by atoms with E-state index in [9.17, 15) is 0 Å². The topological polar surface area (TPSA) is 17.1 Å². The third-order valence-electron chi connectivity index (χ3n) is 0. The minimum absolute atomic E-state index is 0. The standard InChI is InChI=1S/Ag.Cl2OS/c;1-4(2)3. The molecular weight excluding hydrogens is 227 g/mol. The third kappa shape index (κ3) is 30.5. The van der Waals surface area contributed by atoms with Gasteiger partial charge in [-0.05, 0) is 0 Å². The van der Waals surface area contributed by atoms with Crippen molar-refractivity contribution in [3.63, 3.8) is 0 Å². The van der Waals surface area contributed by atoms with Gasteiger partial charge in [-0.2, -0.15) is 0 Å². The molecule has 5 heavy (non-hydrogen) atoms. The van der Waals surface area contributed by atoms with Crippen LogP contribution in [0.4, 0.5) is 0 Å². The van der Waals surface area contributed by atoms with Crippen LogP contribution in [0.25, 0.3) is 0 Å². The molecule has 0 saturated carbocycles. The largest absolute Gasteiger partial charge is 0.225 e. The molecule has 5 heteroatoms. The van der Waals surface area contributed by atoms with E-state index in [0.717, 1.165) is 0 Å². The number of hydrogen-bond donors (Lipinski definition) is 0. The Labute approximate surface area is 57.0 Å². The summed E-state index contributed by atoms with van der Waals surface area (Å²) in [5.74, 6) is 0. The molecule has 0 spiro atoms. The van der Waals surface area contributed by atoms with Crippen LogP contribution in [0.1, 0.15) is 0 Å². The third-order valence-corrected chi connectivity index (χ3v) is 0. The van der Waals surface area contributed by atoms with Gasteiger partial charge in [0.25, 0.3) is 0 Å². The molecule has 0 unspecified atom stereocenters. The summed E-state index contributed by atoms with van der Waals surface area (Å²) >= 11 is 0. The molecule has 0 aliphatic carbocycles. The Morgan fingerprint density at radius 1 is 1.40 bits per heavy atom. The van der Waals surface area contributed by atoms with Crippen LogP contribution in [-0.4, -0.2) is 4.21 Å². The quantitative estimate of drug-likeness (QED) is 0.446. The van der Waals surface area contributed by atoms with Crippen molar-refractivity contribution in [1.82, 2.24) is 0 Å². The van der Waals surface area contributed by atoms with E-state index in [0.29, 0.717) is 0 Å². The Bertz CT molecular complexity index is 32.6. The van der Waals surface area contributed by atoms with E-state index < -0.39 is 9.23 Å². The molecule has 0 saturated heterocycles. The zero-order chi connectivity index (χ0) is 3.58. The molecule has 0 aliphatic rings. The van der Waals surface area contributed by atoms with Gasteiger partial charge in [-0.1, -0.05) is 0 Å². The normalized spacial score (nSPS) is 7.00. The molecule has 0 amide bonds. The molecule has 0 heterocycles. The van der Waals surface area contributed by atoms with Gasteiger partial charge in [-0.25, -0.2) is 4.21 Å². The number of hydrogen-bond acceptors (Lipinski definition) is 1. The van der Waals surface area contributed by atoms with E-state index in [2.05, 4.69) is 21.4 Å². The maximum atomic E-state index is 9.09. The first-order valence-electron chi connectivity index (χ1n) is 0.475. The molecule has 0 aromatic heterocycles. The Morgan fingerprint density at radius 3 is 1.40 bits per heavy atom. The summed E-state index contributed by atoms with van der Waals surface area (Å²) in [6, 6.07) is 0. The minimum atomic E-state index is -1.67. The maximum absolute atomic E-state index is 9.09. The first kappa shape index (κ1) is 9.69. The van der Waals surface area contributed by atoms with Gasteiger partial charge in [-0.15, -0.1) is 0 Å². The number of rotatable bonds is 0. The van der Waals surface area contributed by atoms with Crippen LogP contribution < -0.4 is 0 Å². The summed E-state index contributed by atoms with van der Waals surface area (Å²) in [7, 11) is 7.36. The molecule has 1 radical (unpaired) electrons. The van der Waals surface area contributed by atoms with Gasteiger partial charge in [0.15, 0.2) is 0 Å². The van der Waals surface area contributed by atoms with E-state index in [1.807, 2.05) is 0 Å². The second-order valence-corrected chi connectivity index (χ2v) is 2.71. The zero-order valence-electron chi connectivity index (χ0n) is 1.87. The summed E-state index contributed by atoms with van der Waals surface area (Å²) in [5.41, 5.74) is 0. The number of halogens is 2. The van der Waals surface area contributed by atoms with Gasteiger partial charge in [-0.3, -0.25) is 0 Å². The Kier molecular flexibility index (Phi) is 10.6. The van der Waals surface area contributed by atoms with Crippen LogP contribution in [0.15, 0.2) is 0 Å². The monoisotopic (exact) mass is 225 g/mol. The molecule has 0 bridgehead atoms.